The molecule has 1 rings (SSSR count). The lowest BCUT2D eigenvalue weighted by Crippen LogP contribution is -2.31. The topological polar surface area (TPSA) is 55.6 Å². The summed E-state index contributed by atoms with van der Waals surface area (Å²) >= 11 is 0. The van der Waals surface area contributed by atoms with E-state index >= 15 is 0 Å². The number of carbonyl (C=O) groups excluding carboxylic acids is 1. The van der Waals surface area contributed by atoms with Gasteiger partial charge < -0.3 is 15.4 Å². The van der Waals surface area contributed by atoms with Crippen molar-refractivity contribution in [3.8, 4) is 17.6 Å². The molecular weight excluding hydrogens is 252 g/mol. The van der Waals surface area contributed by atoms with Crippen molar-refractivity contribution in [2.75, 3.05) is 26.7 Å². The van der Waals surface area contributed by atoms with Crippen LogP contribution in [0.4, 0.5) is 0 Å². The zero-order valence-electron chi connectivity index (χ0n) is 12.4. The lowest BCUT2D eigenvalue weighted by Gasteiger charge is -2.20. The first-order valence-electron chi connectivity index (χ1n) is 6.84. The minimum atomic E-state index is 0.0211. The minimum absolute atomic E-state index is 0.0211. The van der Waals surface area contributed by atoms with E-state index in [0.717, 1.165) is 13.0 Å². The fraction of sp³-hybridized carbons (Fsp3) is 0.438. The minimum Gasteiger partial charge on any atom is -0.495 e. The molecule has 20 heavy (non-hydrogen) atoms. The van der Waals surface area contributed by atoms with E-state index in [9.17, 15) is 4.79 Å². The SMILES string of the molecule is CCCN(CC)C(=O)c1ccc(OC)c(C#CCN)c1. The Morgan fingerprint density at radius 1 is 1.40 bits per heavy atom. The van der Waals surface area contributed by atoms with Crippen LogP contribution in [0.2, 0.25) is 0 Å². The van der Waals surface area contributed by atoms with Gasteiger partial charge in [-0.25, -0.2) is 0 Å². The molecule has 0 spiro atoms. The first-order chi connectivity index (χ1) is 9.67. The molecule has 4 nitrogen and oxygen atoms in total. The summed E-state index contributed by atoms with van der Waals surface area (Å²) in [6, 6.07) is 5.31. The average molecular weight is 274 g/mol. The second kappa shape index (κ2) is 8.23. The van der Waals surface area contributed by atoms with E-state index in [2.05, 4.69) is 18.8 Å². The molecule has 0 radical (unpaired) electrons. The number of nitrogens with two attached hydrogens (primary N) is 1. The zero-order valence-corrected chi connectivity index (χ0v) is 12.4. The highest BCUT2D eigenvalue weighted by atomic mass is 16.5. The molecule has 1 aromatic rings. The number of hydrogen-bond acceptors (Lipinski definition) is 3. The Morgan fingerprint density at radius 2 is 2.15 bits per heavy atom. The fourth-order valence-corrected chi connectivity index (χ4v) is 1.94. The van der Waals surface area contributed by atoms with Crippen molar-refractivity contribution in [1.82, 2.24) is 4.90 Å². The largest absolute Gasteiger partial charge is 0.495 e. The van der Waals surface area contributed by atoms with Crippen LogP contribution in [0.25, 0.3) is 0 Å². The third kappa shape index (κ3) is 4.01. The quantitative estimate of drug-likeness (QED) is 0.834. The van der Waals surface area contributed by atoms with Gasteiger partial charge in [0.25, 0.3) is 5.91 Å². The second-order valence-electron chi connectivity index (χ2n) is 4.31. The summed E-state index contributed by atoms with van der Waals surface area (Å²) in [5, 5.41) is 0. The van der Waals surface area contributed by atoms with Crippen molar-refractivity contribution in [3.05, 3.63) is 29.3 Å². The molecule has 0 aromatic heterocycles. The molecule has 1 amide bonds. The lowest BCUT2D eigenvalue weighted by molar-refractivity contribution is 0.0764. The van der Waals surface area contributed by atoms with Crippen molar-refractivity contribution >= 4 is 5.91 Å². The molecule has 0 aliphatic carbocycles. The average Bonchev–Trinajstić information content (AvgIpc) is 2.49. The highest BCUT2D eigenvalue weighted by molar-refractivity contribution is 5.94. The van der Waals surface area contributed by atoms with E-state index in [1.54, 1.807) is 25.3 Å². The first-order valence-corrected chi connectivity index (χ1v) is 6.84. The summed E-state index contributed by atoms with van der Waals surface area (Å²) in [4.78, 5) is 14.2. The van der Waals surface area contributed by atoms with Crippen LogP contribution in [-0.2, 0) is 0 Å². The maximum Gasteiger partial charge on any atom is 0.253 e. The number of nitrogens with zero attached hydrogens (tertiary/aromatic N) is 1. The van der Waals surface area contributed by atoms with Crippen LogP contribution in [-0.4, -0.2) is 37.6 Å². The van der Waals surface area contributed by atoms with Crippen LogP contribution in [0.15, 0.2) is 18.2 Å². The van der Waals surface area contributed by atoms with Crippen molar-refractivity contribution in [1.29, 1.82) is 0 Å². The molecule has 0 unspecified atom stereocenters. The number of ether oxygens (including phenoxy) is 1. The number of amides is 1. The Bertz CT molecular complexity index is 515. The van der Waals surface area contributed by atoms with E-state index in [0.29, 0.717) is 23.4 Å². The molecule has 1 aromatic carbocycles. The van der Waals surface area contributed by atoms with Crippen LogP contribution >= 0.6 is 0 Å². The summed E-state index contributed by atoms with van der Waals surface area (Å²) in [6.07, 6.45) is 0.940. The molecule has 0 bridgehead atoms. The molecule has 108 valence electrons. The third-order valence-electron chi connectivity index (χ3n) is 2.93. The Morgan fingerprint density at radius 3 is 2.70 bits per heavy atom. The van der Waals surface area contributed by atoms with Crippen molar-refractivity contribution in [2.45, 2.75) is 20.3 Å². The number of methoxy groups -OCH3 is 1. The van der Waals surface area contributed by atoms with Gasteiger partial charge in [-0.15, -0.1) is 0 Å². The van der Waals surface area contributed by atoms with E-state index in [4.69, 9.17) is 10.5 Å². The van der Waals surface area contributed by atoms with E-state index in [-0.39, 0.29) is 12.5 Å². The van der Waals surface area contributed by atoms with Crippen LogP contribution in [0.5, 0.6) is 5.75 Å². The summed E-state index contributed by atoms with van der Waals surface area (Å²) in [7, 11) is 1.58. The Balaban J connectivity index is 3.10. The molecular formula is C16H22N2O2. The van der Waals surface area contributed by atoms with Gasteiger partial charge in [0.05, 0.1) is 19.2 Å². The summed E-state index contributed by atoms with van der Waals surface area (Å²) in [6.45, 7) is 5.76. The summed E-state index contributed by atoms with van der Waals surface area (Å²) < 4.78 is 5.24. The van der Waals surface area contributed by atoms with Crippen molar-refractivity contribution < 1.29 is 9.53 Å². The van der Waals surface area contributed by atoms with Crippen LogP contribution < -0.4 is 10.5 Å². The maximum absolute atomic E-state index is 12.4. The van der Waals surface area contributed by atoms with Gasteiger partial charge in [0.1, 0.15) is 5.75 Å². The van der Waals surface area contributed by atoms with Crippen LogP contribution in [0, 0.1) is 11.8 Å². The van der Waals surface area contributed by atoms with Gasteiger partial charge in [-0.2, -0.15) is 0 Å². The van der Waals surface area contributed by atoms with Crippen molar-refractivity contribution in [3.63, 3.8) is 0 Å². The number of hydrogen-bond donors (Lipinski definition) is 1. The highest BCUT2D eigenvalue weighted by Crippen LogP contribution is 2.20. The van der Waals surface area contributed by atoms with E-state index < -0.39 is 0 Å². The summed E-state index contributed by atoms with van der Waals surface area (Å²) in [5.74, 6) is 6.40. The van der Waals surface area contributed by atoms with Gasteiger partial charge in [0.15, 0.2) is 0 Å². The molecule has 0 aliphatic rings. The van der Waals surface area contributed by atoms with Crippen LogP contribution in [0.1, 0.15) is 36.2 Å². The number of rotatable bonds is 5. The smallest absolute Gasteiger partial charge is 0.253 e. The van der Waals surface area contributed by atoms with Gasteiger partial charge in [-0.1, -0.05) is 18.8 Å². The van der Waals surface area contributed by atoms with Gasteiger partial charge in [0, 0.05) is 18.7 Å². The molecule has 0 saturated carbocycles. The Kier molecular flexibility index (Phi) is 6.61. The number of benzene rings is 1. The predicted octanol–water partition coefficient (Wildman–Crippen LogP) is 1.88. The van der Waals surface area contributed by atoms with Gasteiger partial charge in [-0.05, 0) is 31.5 Å². The molecule has 2 N–H and O–H groups in total. The van der Waals surface area contributed by atoms with Gasteiger partial charge in [-0.3, -0.25) is 4.79 Å². The van der Waals surface area contributed by atoms with Gasteiger partial charge in [0.2, 0.25) is 0 Å². The monoisotopic (exact) mass is 274 g/mol. The zero-order chi connectivity index (χ0) is 15.0. The molecule has 0 saturated heterocycles. The molecule has 0 aliphatic heterocycles. The molecule has 0 atom stereocenters. The summed E-state index contributed by atoms with van der Waals surface area (Å²) in [5.41, 5.74) is 6.70. The predicted molar refractivity (Wildman–Crippen MR) is 80.8 cm³/mol. The normalized spacial score (nSPS) is 9.60. The molecule has 0 fully saturated rings. The third-order valence-corrected chi connectivity index (χ3v) is 2.93. The molecule has 4 heteroatoms. The standard InChI is InChI=1S/C16H22N2O2/c1-4-11-18(5-2)16(19)14-8-9-15(20-3)13(12-14)7-6-10-17/h8-9,12H,4-5,10-11,17H2,1-3H3. The molecule has 0 heterocycles. The van der Waals surface area contributed by atoms with Gasteiger partial charge >= 0.3 is 0 Å². The van der Waals surface area contributed by atoms with Crippen molar-refractivity contribution in [2.24, 2.45) is 5.73 Å². The van der Waals surface area contributed by atoms with E-state index in [1.807, 2.05) is 11.8 Å². The fourth-order valence-electron chi connectivity index (χ4n) is 1.94. The highest BCUT2D eigenvalue weighted by Gasteiger charge is 2.14. The van der Waals surface area contributed by atoms with E-state index in [1.165, 1.54) is 0 Å². The van der Waals surface area contributed by atoms with Crippen LogP contribution in [0.3, 0.4) is 0 Å². The Hall–Kier alpha value is -1.99. The lowest BCUT2D eigenvalue weighted by atomic mass is 10.1. The Labute approximate surface area is 120 Å². The number of carbonyl (C=O) groups is 1. The first kappa shape index (κ1) is 16.1. The maximum atomic E-state index is 12.4. The second-order valence-corrected chi connectivity index (χ2v) is 4.31.